The first-order valence-electron chi connectivity index (χ1n) is 9.31. The molecular weight excluding hydrogens is 412 g/mol. The minimum atomic E-state index is -1.00. The molecule has 7 nitrogen and oxygen atoms in total. The highest BCUT2D eigenvalue weighted by Gasteiger charge is 2.50. The predicted octanol–water partition coefficient (Wildman–Crippen LogP) is 2.04. The van der Waals surface area contributed by atoms with E-state index in [2.05, 4.69) is 20.6 Å². The summed E-state index contributed by atoms with van der Waals surface area (Å²) >= 11 is 7.34. The summed E-state index contributed by atoms with van der Waals surface area (Å²) in [6.07, 6.45) is 1.57. The predicted molar refractivity (Wildman–Crippen MR) is 114 cm³/mol. The third kappa shape index (κ3) is 4.56. The SMILES string of the molecule is O=C(NCc1cccnc1)[C@@H]1C[C@@H](O)[C@H](O)[C@H]2N=C(Nc3ccc(Cl)cc3)S[C@@H]21. The lowest BCUT2D eigenvalue weighted by Gasteiger charge is -2.37. The maximum absolute atomic E-state index is 12.8. The lowest BCUT2D eigenvalue weighted by Crippen LogP contribution is -2.53. The van der Waals surface area contributed by atoms with Gasteiger partial charge in [0.15, 0.2) is 5.17 Å². The number of hydrogen-bond acceptors (Lipinski definition) is 7. The number of nitrogens with one attached hydrogen (secondary N) is 2. The molecule has 152 valence electrons. The van der Waals surface area contributed by atoms with Crippen molar-refractivity contribution in [2.45, 2.75) is 36.5 Å². The van der Waals surface area contributed by atoms with Gasteiger partial charge in [0.1, 0.15) is 6.10 Å². The number of aromatic nitrogens is 1. The van der Waals surface area contributed by atoms with Gasteiger partial charge in [0.05, 0.1) is 18.1 Å². The highest BCUT2D eigenvalue weighted by atomic mass is 35.5. The molecule has 0 saturated heterocycles. The molecule has 5 atom stereocenters. The molecule has 2 aromatic rings. The van der Waals surface area contributed by atoms with E-state index in [-0.39, 0.29) is 17.6 Å². The van der Waals surface area contributed by atoms with Crippen molar-refractivity contribution < 1.29 is 15.0 Å². The first-order chi connectivity index (χ1) is 14.0. The summed E-state index contributed by atoms with van der Waals surface area (Å²) in [5, 5.41) is 27.8. The van der Waals surface area contributed by atoms with Crippen LogP contribution in [0.5, 0.6) is 0 Å². The van der Waals surface area contributed by atoms with Crippen LogP contribution in [0, 0.1) is 5.92 Å². The van der Waals surface area contributed by atoms with Gasteiger partial charge in [0, 0.05) is 34.9 Å². The number of halogens is 1. The number of aliphatic hydroxyl groups excluding tert-OH is 2. The van der Waals surface area contributed by atoms with Crippen molar-refractivity contribution in [1.29, 1.82) is 0 Å². The van der Waals surface area contributed by atoms with E-state index in [4.69, 9.17) is 11.6 Å². The van der Waals surface area contributed by atoms with Crippen molar-refractivity contribution in [1.82, 2.24) is 10.3 Å². The van der Waals surface area contributed by atoms with Gasteiger partial charge in [0.25, 0.3) is 0 Å². The molecule has 9 heteroatoms. The molecule has 0 radical (unpaired) electrons. The molecule has 0 spiro atoms. The molecule has 1 saturated carbocycles. The number of thioether (sulfide) groups is 1. The Bertz CT molecular complexity index is 896. The zero-order chi connectivity index (χ0) is 20.4. The molecule has 4 rings (SSSR count). The fourth-order valence-electron chi connectivity index (χ4n) is 3.59. The van der Waals surface area contributed by atoms with E-state index >= 15 is 0 Å². The van der Waals surface area contributed by atoms with Crippen molar-refractivity contribution >= 4 is 40.1 Å². The van der Waals surface area contributed by atoms with Gasteiger partial charge in [-0.2, -0.15) is 0 Å². The molecule has 1 aromatic heterocycles. The third-order valence-electron chi connectivity index (χ3n) is 5.11. The maximum Gasteiger partial charge on any atom is 0.224 e. The third-order valence-corrected chi connectivity index (χ3v) is 6.67. The minimum absolute atomic E-state index is 0.162. The normalized spacial score (nSPS) is 28.4. The summed E-state index contributed by atoms with van der Waals surface area (Å²) in [6, 6.07) is 10.3. The number of nitrogens with zero attached hydrogens (tertiary/aromatic N) is 2. The minimum Gasteiger partial charge on any atom is -0.390 e. The van der Waals surface area contributed by atoms with Crippen LogP contribution in [-0.2, 0) is 11.3 Å². The van der Waals surface area contributed by atoms with Gasteiger partial charge in [-0.1, -0.05) is 29.4 Å². The fraction of sp³-hybridized carbons (Fsp3) is 0.350. The van der Waals surface area contributed by atoms with Crippen LogP contribution in [0.25, 0.3) is 0 Å². The number of aliphatic imine (C=N–C) groups is 1. The fourth-order valence-corrected chi connectivity index (χ4v) is 5.09. The molecule has 29 heavy (non-hydrogen) atoms. The standard InChI is InChI=1S/C20H21ClN4O3S/c21-12-3-5-13(6-4-12)24-20-25-16-17(27)15(26)8-14(18(16)29-20)19(28)23-10-11-2-1-7-22-9-11/h1-7,9,14-18,26-27H,8,10H2,(H,23,28)(H,24,25)/t14-,15-,16-,17+,18-/m1/s1. The molecule has 1 fully saturated rings. The average Bonchev–Trinajstić information content (AvgIpc) is 3.15. The van der Waals surface area contributed by atoms with E-state index < -0.39 is 24.2 Å². The number of amidine groups is 1. The number of carbonyl (C=O) groups excluding carboxylic acids is 1. The van der Waals surface area contributed by atoms with Crippen molar-refractivity contribution in [3.63, 3.8) is 0 Å². The quantitative estimate of drug-likeness (QED) is 0.589. The van der Waals surface area contributed by atoms with Gasteiger partial charge in [-0.25, -0.2) is 0 Å². The number of amides is 1. The number of hydrogen-bond donors (Lipinski definition) is 4. The Labute approximate surface area is 177 Å². The van der Waals surface area contributed by atoms with Crippen molar-refractivity contribution in [3.05, 3.63) is 59.4 Å². The van der Waals surface area contributed by atoms with E-state index in [1.807, 2.05) is 24.3 Å². The molecular formula is C20H21ClN4O3S. The number of carbonyl (C=O) groups is 1. The van der Waals surface area contributed by atoms with Crippen LogP contribution in [-0.4, -0.2) is 49.8 Å². The lowest BCUT2D eigenvalue weighted by atomic mass is 9.81. The molecule has 4 N–H and O–H groups in total. The van der Waals surface area contributed by atoms with Crippen LogP contribution in [0.15, 0.2) is 53.8 Å². The van der Waals surface area contributed by atoms with Gasteiger partial charge in [-0.3, -0.25) is 14.8 Å². The van der Waals surface area contributed by atoms with Crippen LogP contribution in [0.2, 0.25) is 5.02 Å². The summed E-state index contributed by atoms with van der Waals surface area (Å²) in [7, 11) is 0. The zero-order valence-corrected chi connectivity index (χ0v) is 17.0. The monoisotopic (exact) mass is 432 g/mol. The Morgan fingerprint density at radius 2 is 2.03 bits per heavy atom. The Kier molecular flexibility index (Phi) is 6.05. The molecule has 0 bridgehead atoms. The number of pyridine rings is 1. The first kappa shape index (κ1) is 20.2. The van der Waals surface area contributed by atoms with Gasteiger partial charge in [-0.15, -0.1) is 0 Å². The highest BCUT2D eigenvalue weighted by Crippen LogP contribution is 2.41. The second-order valence-electron chi connectivity index (χ2n) is 7.12. The van der Waals surface area contributed by atoms with Gasteiger partial charge in [0.2, 0.25) is 5.91 Å². The Hall–Kier alpha value is -2.13. The molecule has 1 aliphatic carbocycles. The molecule has 1 aliphatic heterocycles. The first-order valence-corrected chi connectivity index (χ1v) is 10.6. The topological polar surface area (TPSA) is 107 Å². The Balaban J connectivity index is 1.45. The zero-order valence-electron chi connectivity index (χ0n) is 15.4. The van der Waals surface area contributed by atoms with E-state index in [1.54, 1.807) is 24.5 Å². The number of aliphatic hydroxyl groups is 2. The van der Waals surface area contributed by atoms with Crippen molar-refractivity contribution in [3.8, 4) is 0 Å². The largest absolute Gasteiger partial charge is 0.390 e. The van der Waals surface area contributed by atoms with Crippen molar-refractivity contribution in [2.75, 3.05) is 5.32 Å². The molecule has 2 aliphatic rings. The summed E-state index contributed by atoms with van der Waals surface area (Å²) < 4.78 is 0. The van der Waals surface area contributed by atoms with Crippen LogP contribution in [0.1, 0.15) is 12.0 Å². The summed E-state index contributed by atoms with van der Waals surface area (Å²) in [5.74, 6) is -0.626. The van der Waals surface area contributed by atoms with Gasteiger partial charge < -0.3 is 20.8 Å². The molecule has 0 unspecified atom stereocenters. The van der Waals surface area contributed by atoms with E-state index in [0.29, 0.717) is 16.7 Å². The van der Waals surface area contributed by atoms with Gasteiger partial charge >= 0.3 is 0 Å². The molecule has 1 amide bonds. The smallest absolute Gasteiger partial charge is 0.224 e. The summed E-state index contributed by atoms with van der Waals surface area (Å²) in [4.78, 5) is 21.4. The van der Waals surface area contributed by atoms with Crippen molar-refractivity contribution in [2.24, 2.45) is 10.9 Å². The number of rotatable bonds is 4. The van der Waals surface area contributed by atoms with Crippen LogP contribution in [0.3, 0.4) is 0 Å². The van der Waals surface area contributed by atoms with E-state index in [0.717, 1.165) is 11.3 Å². The summed E-state index contributed by atoms with van der Waals surface area (Å²) in [5.41, 5.74) is 1.71. The lowest BCUT2D eigenvalue weighted by molar-refractivity contribution is -0.129. The number of benzene rings is 1. The Morgan fingerprint density at radius 3 is 2.76 bits per heavy atom. The van der Waals surface area contributed by atoms with E-state index in [1.165, 1.54) is 11.8 Å². The molecule has 1 aromatic carbocycles. The number of anilines is 1. The number of fused-ring (bicyclic) bond motifs is 1. The maximum atomic E-state index is 12.8. The second-order valence-corrected chi connectivity index (χ2v) is 8.72. The molecule has 2 heterocycles. The summed E-state index contributed by atoms with van der Waals surface area (Å²) in [6.45, 7) is 0.362. The Morgan fingerprint density at radius 1 is 1.24 bits per heavy atom. The highest BCUT2D eigenvalue weighted by molar-refractivity contribution is 8.15. The average molecular weight is 433 g/mol. The van der Waals surface area contributed by atoms with Crippen LogP contribution < -0.4 is 10.6 Å². The van der Waals surface area contributed by atoms with Crippen LogP contribution in [0.4, 0.5) is 5.69 Å². The van der Waals surface area contributed by atoms with Crippen LogP contribution >= 0.6 is 23.4 Å². The van der Waals surface area contributed by atoms with E-state index in [9.17, 15) is 15.0 Å². The second kappa shape index (κ2) is 8.71. The van der Waals surface area contributed by atoms with Gasteiger partial charge in [-0.05, 0) is 42.3 Å².